The molecule has 14 heavy (non-hydrogen) atoms. The van der Waals surface area contributed by atoms with Gasteiger partial charge >= 0.3 is 0 Å². The maximum Gasteiger partial charge on any atom is 0.246 e. The summed E-state index contributed by atoms with van der Waals surface area (Å²) in [6.45, 7) is 8.81. The van der Waals surface area contributed by atoms with Crippen molar-refractivity contribution in [2.75, 3.05) is 19.6 Å². The number of piperazine rings is 1. The lowest BCUT2D eigenvalue weighted by Crippen LogP contribution is -2.56. The highest BCUT2D eigenvalue weighted by molar-refractivity contribution is 5.87. The second-order valence-corrected chi connectivity index (χ2v) is 4.33. The Morgan fingerprint density at radius 2 is 2.29 bits per heavy atom. The Morgan fingerprint density at radius 3 is 3.00 bits per heavy atom. The van der Waals surface area contributed by atoms with Crippen LogP contribution < -0.4 is 0 Å². The van der Waals surface area contributed by atoms with Crippen molar-refractivity contribution in [3.8, 4) is 0 Å². The van der Waals surface area contributed by atoms with Gasteiger partial charge < -0.3 is 4.90 Å². The van der Waals surface area contributed by atoms with E-state index in [9.17, 15) is 4.79 Å². The molecule has 78 valence electrons. The van der Waals surface area contributed by atoms with Crippen LogP contribution in [0.4, 0.5) is 0 Å². The first-order valence-corrected chi connectivity index (χ1v) is 5.39. The Morgan fingerprint density at radius 1 is 1.50 bits per heavy atom. The molecule has 1 amide bonds. The molecular weight excluding hydrogens is 176 g/mol. The minimum Gasteiger partial charge on any atom is -0.334 e. The van der Waals surface area contributed by atoms with Crippen LogP contribution in [0.25, 0.3) is 0 Å². The number of fused-ring (bicyclic) bond motifs is 1. The van der Waals surface area contributed by atoms with Gasteiger partial charge in [0.15, 0.2) is 0 Å². The monoisotopic (exact) mass is 194 g/mol. The van der Waals surface area contributed by atoms with E-state index in [1.54, 1.807) is 0 Å². The maximum atomic E-state index is 11.6. The predicted octanol–water partition coefficient (Wildman–Crippen LogP) is 0.867. The third-order valence-corrected chi connectivity index (χ3v) is 3.40. The van der Waals surface area contributed by atoms with Gasteiger partial charge in [0.1, 0.15) is 0 Å². The van der Waals surface area contributed by atoms with Crippen LogP contribution in [0.15, 0.2) is 12.7 Å². The zero-order chi connectivity index (χ0) is 10.1. The summed E-state index contributed by atoms with van der Waals surface area (Å²) in [4.78, 5) is 16.0. The smallest absolute Gasteiger partial charge is 0.246 e. The van der Waals surface area contributed by atoms with E-state index in [2.05, 4.69) is 18.4 Å². The van der Waals surface area contributed by atoms with Crippen molar-refractivity contribution in [3.63, 3.8) is 0 Å². The quantitative estimate of drug-likeness (QED) is 0.578. The van der Waals surface area contributed by atoms with Crippen molar-refractivity contribution in [1.82, 2.24) is 9.80 Å². The molecule has 2 aliphatic rings. The SMILES string of the molecule is C=CC(=O)N1CC2CCCN2CC1C. The number of rotatable bonds is 1. The van der Waals surface area contributed by atoms with Crippen molar-refractivity contribution >= 4 is 5.91 Å². The molecule has 3 nitrogen and oxygen atoms in total. The number of carbonyl (C=O) groups is 1. The molecule has 0 aliphatic carbocycles. The Balaban J connectivity index is 2.06. The van der Waals surface area contributed by atoms with Gasteiger partial charge in [-0.15, -0.1) is 0 Å². The van der Waals surface area contributed by atoms with E-state index in [-0.39, 0.29) is 5.91 Å². The zero-order valence-corrected chi connectivity index (χ0v) is 8.78. The molecule has 2 fully saturated rings. The molecule has 0 radical (unpaired) electrons. The van der Waals surface area contributed by atoms with Crippen molar-refractivity contribution in [2.45, 2.75) is 31.8 Å². The molecule has 2 rings (SSSR count). The summed E-state index contributed by atoms with van der Waals surface area (Å²) in [5.41, 5.74) is 0. The van der Waals surface area contributed by atoms with Gasteiger partial charge in [-0.3, -0.25) is 9.69 Å². The zero-order valence-electron chi connectivity index (χ0n) is 8.78. The lowest BCUT2D eigenvalue weighted by atomic mass is 10.1. The summed E-state index contributed by atoms with van der Waals surface area (Å²) in [6, 6.07) is 0.949. The fourth-order valence-electron chi connectivity index (χ4n) is 2.61. The normalized spacial score (nSPS) is 32.8. The molecule has 0 aromatic carbocycles. The van der Waals surface area contributed by atoms with Gasteiger partial charge in [-0.2, -0.15) is 0 Å². The van der Waals surface area contributed by atoms with Crippen LogP contribution in [-0.4, -0.2) is 47.4 Å². The van der Waals surface area contributed by atoms with Gasteiger partial charge in [0.05, 0.1) is 0 Å². The number of hydrogen-bond donors (Lipinski definition) is 0. The first-order valence-electron chi connectivity index (χ1n) is 5.39. The minimum atomic E-state index is 0.0871. The van der Waals surface area contributed by atoms with Crippen LogP contribution in [0.3, 0.4) is 0 Å². The molecule has 2 saturated heterocycles. The highest BCUT2D eigenvalue weighted by atomic mass is 16.2. The molecule has 2 heterocycles. The number of nitrogens with zero attached hydrogens (tertiary/aromatic N) is 2. The molecule has 2 aliphatic heterocycles. The summed E-state index contributed by atoms with van der Waals surface area (Å²) in [5, 5.41) is 0. The second-order valence-electron chi connectivity index (χ2n) is 4.33. The highest BCUT2D eigenvalue weighted by Gasteiger charge is 2.35. The van der Waals surface area contributed by atoms with Crippen LogP contribution >= 0.6 is 0 Å². The molecule has 3 heteroatoms. The van der Waals surface area contributed by atoms with Gasteiger partial charge in [-0.1, -0.05) is 6.58 Å². The fourth-order valence-corrected chi connectivity index (χ4v) is 2.61. The van der Waals surface area contributed by atoms with E-state index in [1.807, 2.05) is 4.90 Å². The van der Waals surface area contributed by atoms with Gasteiger partial charge in [0.2, 0.25) is 5.91 Å². The van der Waals surface area contributed by atoms with Crippen LogP contribution in [0.2, 0.25) is 0 Å². The van der Waals surface area contributed by atoms with E-state index >= 15 is 0 Å². The number of carbonyl (C=O) groups excluding carboxylic acids is 1. The predicted molar refractivity (Wildman–Crippen MR) is 56.0 cm³/mol. The Hall–Kier alpha value is -0.830. The Kier molecular flexibility index (Phi) is 2.59. The first kappa shape index (κ1) is 9.71. The standard InChI is InChI=1S/C11H18N2O/c1-3-11(14)13-8-10-5-4-6-12(10)7-9(13)2/h3,9-10H,1,4-8H2,2H3. The van der Waals surface area contributed by atoms with Gasteiger partial charge in [0, 0.05) is 25.2 Å². The van der Waals surface area contributed by atoms with Crippen LogP contribution in [0.5, 0.6) is 0 Å². The topological polar surface area (TPSA) is 23.6 Å². The summed E-state index contributed by atoms with van der Waals surface area (Å²) < 4.78 is 0. The van der Waals surface area contributed by atoms with Gasteiger partial charge in [-0.05, 0) is 32.4 Å². The molecule has 0 spiro atoms. The van der Waals surface area contributed by atoms with Gasteiger partial charge in [0.25, 0.3) is 0 Å². The van der Waals surface area contributed by atoms with Crippen LogP contribution in [0.1, 0.15) is 19.8 Å². The van der Waals surface area contributed by atoms with E-state index in [1.165, 1.54) is 25.5 Å². The number of hydrogen-bond acceptors (Lipinski definition) is 2. The number of amides is 1. The van der Waals surface area contributed by atoms with Crippen molar-refractivity contribution in [3.05, 3.63) is 12.7 Å². The van der Waals surface area contributed by atoms with Crippen LogP contribution in [0, 0.1) is 0 Å². The molecular formula is C11H18N2O. The van der Waals surface area contributed by atoms with Crippen LogP contribution in [-0.2, 0) is 4.79 Å². The third kappa shape index (κ3) is 1.57. The maximum absolute atomic E-state index is 11.6. The molecule has 0 saturated carbocycles. The van der Waals surface area contributed by atoms with E-state index in [0.29, 0.717) is 12.1 Å². The average molecular weight is 194 g/mol. The van der Waals surface area contributed by atoms with Gasteiger partial charge in [-0.25, -0.2) is 0 Å². The molecule has 0 bridgehead atoms. The average Bonchev–Trinajstić information content (AvgIpc) is 2.62. The van der Waals surface area contributed by atoms with Crippen molar-refractivity contribution in [2.24, 2.45) is 0 Å². The minimum absolute atomic E-state index is 0.0871. The van der Waals surface area contributed by atoms with E-state index in [4.69, 9.17) is 0 Å². The molecule has 0 aromatic rings. The van der Waals surface area contributed by atoms with Crippen molar-refractivity contribution in [1.29, 1.82) is 0 Å². The largest absolute Gasteiger partial charge is 0.334 e. The molecule has 2 atom stereocenters. The Bertz CT molecular complexity index is 252. The summed E-state index contributed by atoms with van der Waals surface area (Å²) in [5.74, 6) is 0.0871. The highest BCUT2D eigenvalue weighted by Crippen LogP contribution is 2.24. The van der Waals surface area contributed by atoms with E-state index < -0.39 is 0 Å². The Labute approximate surface area is 85.4 Å². The molecule has 2 unspecified atom stereocenters. The second kappa shape index (κ2) is 3.73. The lowest BCUT2D eigenvalue weighted by molar-refractivity contribution is -0.131. The third-order valence-electron chi connectivity index (χ3n) is 3.40. The molecule has 0 aromatic heterocycles. The first-order chi connectivity index (χ1) is 6.72. The summed E-state index contributed by atoms with van der Waals surface area (Å²) in [7, 11) is 0. The van der Waals surface area contributed by atoms with Crippen molar-refractivity contribution < 1.29 is 4.79 Å². The fraction of sp³-hybridized carbons (Fsp3) is 0.727. The summed E-state index contributed by atoms with van der Waals surface area (Å²) >= 11 is 0. The summed E-state index contributed by atoms with van der Waals surface area (Å²) in [6.07, 6.45) is 3.96. The van der Waals surface area contributed by atoms with E-state index in [0.717, 1.165) is 13.1 Å². The molecule has 0 N–H and O–H groups in total. The lowest BCUT2D eigenvalue weighted by Gasteiger charge is -2.41.